The Morgan fingerprint density at radius 1 is 1.11 bits per heavy atom. The predicted molar refractivity (Wildman–Crippen MR) is 77.0 cm³/mol. The highest BCUT2D eigenvalue weighted by Gasteiger charge is 2.07. The monoisotopic (exact) mass is 297 g/mol. The first-order chi connectivity index (χ1) is 9.20. The van der Waals surface area contributed by atoms with E-state index in [-0.39, 0.29) is 0 Å². The molecule has 0 aliphatic heterocycles. The summed E-state index contributed by atoms with van der Waals surface area (Å²) in [7, 11) is 0. The second-order valence-electron chi connectivity index (χ2n) is 3.76. The van der Waals surface area contributed by atoms with Crippen LogP contribution in [0.5, 0.6) is 5.75 Å². The molecule has 0 unspecified atom stereocenters. The molecule has 0 aliphatic rings. The predicted octanol–water partition coefficient (Wildman–Crippen LogP) is 3.79. The molecule has 1 aromatic carbocycles. The van der Waals surface area contributed by atoms with Gasteiger partial charge in [0.05, 0.1) is 6.61 Å². The molecule has 0 amide bonds. The molecule has 1 N–H and O–H groups in total. The molecule has 1 heterocycles. The molecule has 19 heavy (non-hydrogen) atoms. The number of hydrogen-bond donors (Lipinski definition) is 1. The lowest BCUT2D eigenvalue weighted by Gasteiger charge is -2.09. The lowest BCUT2D eigenvalue weighted by atomic mass is 10.2. The molecular formula is C13H13Cl2N3O. The zero-order chi connectivity index (χ0) is 13.7. The number of nitrogens with one attached hydrogen (secondary N) is 1. The van der Waals surface area contributed by atoms with Gasteiger partial charge < -0.3 is 10.1 Å². The van der Waals surface area contributed by atoms with E-state index in [1.165, 1.54) is 6.33 Å². The van der Waals surface area contributed by atoms with Gasteiger partial charge in [-0.1, -0.05) is 35.3 Å². The van der Waals surface area contributed by atoms with E-state index in [9.17, 15) is 0 Å². The average molecular weight is 298 g/mol. The van der Waals surface area contributed by atoms with Crippen molar-refractivity contribution in [3.63, 3.8) is 0 Å². The van der Waals surface area contributed by atoms with Crippen molar-refractivity contribution in [1.82, 2.24) is 9.97 Å². The van der Waals surface area contributed by atoms with Crippen molar-refractivity contribution in [3.05, 3.63) is 46.5 Å². The van der Waals surface area contributed by atoms with E-state index in [1.54, 1.807) is 0 Å². The second kappa shape index (κ2) is 6.59. The fraction of sp³-hybridized carbons (Fsp3) is 0.231. The molecule has 0 aliphatic carbocycles. The van der Waals surface area contributed by atoms with Gasteiger partial charge >= 0.3 is 0 Å². The largest absolute Gasteiger partial charge is 0.494 e. The van der Waals surface area contributed by atoms with Crippen LogP contribution in [0.1, 0.15) is 12.5 Å². The van der Waals surface area contributed by atoms with Gasteiger partial charge in [0.15, 0.2) is 10.3 Å². The number of rotatable bonds is 5. The number of halogens is 2. The van der Waals surface area contributed by atoms with Gasteiger partial charge in [-0.3, -0.25) is 0 Å². The van der Waals surface area contributed by atoms with Gasteiger partial charge in [-0.2, -0.15) is 0 Å². The van der Waals surface area contributed by atoms with Crippen LogP contribution in [0.2, 0.25) is 10.3 Å². The van der Waals surface area contributed by atoms with E-state index in [4.69, 9.17) is 27.9 Å². The van der Waals surface area contributed by atoms with Gasteiger partial charge in [0.2, 0.25) is 0 Å². The van der Waals surface area contributed by atoms with E-state index in [2.05, 4.69) is 15.3 Å². The summed E-state index contributed by atoms with van der Waals surface area (Å²) in [6.07, 6.45) is 1.33. The molecule has 0 atom stereocenters. The Hall–Kier alpha value is -1.52. The van der Waals surface area contributed by atoms with Crippen molar-refractivity contribution in [2.24, 2.45) is 0 Å². The first-order valence-electron chi connectivity index (χ1n) is 5.82. The van der Waals surface area contributed by atoms with Gasteiger partial charge in [0.1, 0.15) is 17.8 Å². The number of nitrogens with zero attached hydrogens (tertiary/aromatic N) is 2. The molecule has 1 aromatic heterocycles. The van der Waals surface area contributed by atoms with Crippen LogP contribution in [0, 0.1) is 0 Å². The van der Waals surface area contributed by atoms with E-state index >= 15 is 0 Å². The van der Waals surface area contributed by atoms with Crippen LogP contribution < -0.4 is 10.1 Å². The zero-order valence-corrected chi connectivity index (χ0v) is 11.9. The Kier molecular flexibility index (Phi) is 4.82. The summed E-state index contributed by atoms with van der Waals surface area (Å²) in [5.41, 5.74) is 1.62. The molecule has 6 heteroatoms. The smallest absolute Gasteiger partial charge is 0.157 e. The molecule has 100 valence electrons. The van der Waals surface area contributed by atoms with Crippen LogP contribution in [-0.4, -0.2) is 16.6 Å². The van der Waals surface area contributed by atoms with Crippen LogP contribution in [0.3, 0.4) is 0 Å². The molecule has 4 nitrogen and oxygen atoms in total. The number of anilines is 1. The Balaban J connectivity index is 2.02. The third-order valence-electron chi connectivity index (χ3n) is 2.46. The summed E-state index contributed by atoms with van der Waals surface area (Å²) in [6.45, 7) is 3.19. The quantitative estimate of drug-likeness (QED) is 0.853. The minimum Gasteiger partial charge on any atom is -0.494 e. The maximum atomic E-state index is 5.94. The maximum Gasteiger partial charge on any atom is 0.157 e. The Morgan fingerprint density at radius 2 is 1.74 bits per heavy atom. The first-order valence-corrected chi connectivity index (χ1v) is 6.58. The van der Waals surface area contributed by atoms with Gasteiger partial charge in [-0.25, -0.2) is 9.97 Å². The van der Waals surface area contributed by atoms with Crippen molar-refractivity contribution in [3.8, 4) is 5.75 Å². The molecule has 0 radical (unpaired) electrons. The Morgan fingerprint density at radius 3 is 2.32 bits per heavy atom. The van der Waals surface area contributed by atoms with Crippen molar-refractivity contribution in [2.75, 3.05) is 11.9 Å². The third kappa shape index (κ3) is 3.72. The van der Waals surface area contributed by atoms with Gasteiger partial charge in [-0.15, -0.1) is 0 Å². The number of hydrogen-bond acceptors (Lipinski definition) is 4. The van der Waals surface area contributed by atoms with Crippen molar-refractivity contribution < 1.29 is 4.74 Å². The van der Waals surface area contributed by atoms with Crippen LogP contribution in [-0.2, 0) is 6.54 Å². The highest BCUT2D eigenvalue weighted by Crippen LogP contribution is 2.26. The highest BCUT2D eigenvalue weighted by molar-refractivity contribution is 6.37. The number of aromatic nitrogens is 2. The zero-order valence-electron chi connectivity index (χ0n) is 10.4. The van der Waals surface area contributed by atoms with E-state index in [0.717, 1.165) is 11.3 Å². The minimum absolute atomic E-state index is 0.311. The van der Waals surface area contributed by atoms with Crippen molar-refractivity contribution >= 4 is 28.9 Å². The van der Waals surface area contributed by atoms with E-state index in [1.807, 2.05) is 31.2 Å². The normalized spacial score (nSPS) is 10.3. The maximum absolute atomic E-state index is 5.94. The molecule has 2 rings (SSSR count). The fourth-order valence-electron chi connectivity index (χ4n) is 1.55. The Labute approximate surface area is 121 Å². The van der Waals surface area contributed by atoms with E-state index in [0.29, 0.717) is 29.1 Å². The summed E-state index contributed by atoms with van der Waals surface area (Å²) < 4.78 is 5.38. The highest BCUT2D eigenvalue weighted by atomic mass is 35.5. The van der Waals surface area contributed by atoms with Crippen molar-refractivity contribution in [2.45, 2.75) is 13.5 Å². The van der Waals surface area contributed by atoms with Crippen LogP contribution in [0.15, 0.2) is 30.6 Å². The van der Waals surface area contributed by atoms with Crippen molar-refractivity contribution in [1.29, 1.82) is 0 Å². The Bertz CT molecular complexity index is 526. The molecule has 2 aromatic rings. The number of benzene rings is 1. The van der Waals surface area contributed by atoms with Gasteiger partial charge in [-0.05, 0) is 24.6 Å². The topological polar surface area (TPSA) is 47.0 Å². The van der Waals surface area contributed by atoms with Crippen LogP contribution >= 0.6 is 23.2 Å². The first kappa shape index (κ1) is 13.9. The molecule has 0 spiro atoms. The minimum atomic E-state index is 0.311. The summed E-state index contributed by atoms with van der Waals surface area (Å²) >= 11 is 11.9. The van der Waals surface area contributed by atoms with Gasteiger partial charge in [0.25, 0.3) is 0 Å². The fourth-order valence-corrected chi connectivity index (χ4v) is 2.00. The molecule has 0 saturated heterocycles. The summed E-state index contributed by atoms with van der Waals surface area (Å²) in [4.78, 5) is 7.76. The molecule has 0 bridgehead atoms. The molecule has 0 fully saturated rings. The standard InChI is InChI=1S/C13H13Cl2N3O/c1-2-19-10-5-3-9(4-6-10)7-16-11-12(14)17-8-18-13(11)15/h3-6,8,16H,2,7H2,1H3. The number of ether oxygens (including phenoxy) is 1. The lowest BCUT2D eigenvalue weighted by Crippen LogP contribution is -2.02. The lowest BCUT2D eigenvalue weighted by molar-refractivity contribution is 0.340. The molecular weight excluding hydrogens is 285 g/mol. The summed E-state index contributed by atoms with van der Waals surface area (Å²) in [5, 5.41) is 3.74. The van der Waals surface area contributed by atoms with E-state index < -0.39 is 0 Å². The third-order valence-corrected chi connectivity index (χ3v) is 3.03. The van der Waals surface area contributed by atoms with Gasteiger partial charge in [0, 0.05) is 6.54 Å². The van der Waals surface area contributed by atoms with Crippen LogP contribution in [0.25, 0.3) is 0 Å². The summed E-state index contributed by atoms with van der Waals surface area (Å²) in [6, 6.07) is 7.80. The average Bonchev–Trinajstić information content (AvgIpc) is 2.40. The molecule has 0 saturated carbocycles. The van der Waals surface area contributed by atoms with Crippen LogP contribution in [0.4, 0.5) is 5.69 Å². The second-order valence-corrected chi connectivity index (χ2v) is 4.48. The SMILES string of the molecule is CCOc1ccc(CNc2c(Cl)ncnc2Cl)cc1. The summed E-state index contributed by atoms with van der Waals surface area (Å²) in [5.74, 6) is 0.852.